The van der Waals surface area contributed by atoms with Crippen LogP contribution in [-0.2, 0) is 14.4 Å². The molecular weight excluding hydrogens is 456 g/mol. The average Bonchev–Trinajstić information content (AvgIpc) is 3.22. The minimum Gasteiger partial charge on any atom is -0.477 e. The number of thiazole rings is 1. The number of anilines is 1. The Hall–Kier alpha value is -3.71. The van der Waals surface area contributed by atoms with Gasteiger partial charge < -0.3 is 21.4 Å². The Bertz CT molecular complexity index is 1180. The van der Waals surface area contributed by atoms with Crippen molar-refractivity contribution in [2.45, 2.75) is 11.4 Å². The predicted octanol–water partition coefficient (Wildman–Crippen LogP) is 0.751. The molecule has 0 radical (unpaired) electrons. The lowest BCUT2D eigenvalue weighted by Crippen LogP contribution is -2.71. The summed E-state index contributed by atoms with van der Waals surface area (Å²) in [5.74, 6) is -2.31. The van der Waals surface area contributed by atoms with E-state index in [1.54, 1.807) is 30.6 Å². The Labute approximate surface area is 189 Å². The van der Waals surface area contributed by atoms with Crippen molar-refractivity contribution in [1.82, 2.24) is 20.2 Å². The molecule has 2 aromatic rings. The lowest BCUT2D eigenvalue weighted by molar-refractivity contribution is -0.150. The fourth-order valence-corrected chi connectivity index (χ4v) is 5.13. The second-order valence-electron chi connectivity index (χ2n) is 6.68. The maximum absolute atomic E-state index is 12.7. The van der Waals surface area contributed by atoms with E-state index in [2.05, 4.69) is 20.4 Å². The monoisotopic (exact) mass is 472 g/mol. The van der Waals surface area contributed by atoms with Crippen molar-refractivity contribution in [2.75, 3.05) is 11.5 Å². The normalized spacial score (nSPS) is 20.8. The summed E-state index contributed by atoms with van der Waals surface area (Å²) >= 11 is 2.38. The minimum atomic E-state index is -1.24. The van der Waals surface area contributed by atoms with Crippen LogP contribution >= 0.6 is 23.1 Å². The smallest absolute Gasteiger partial charge is 0.352 e. The molecule has 2 amide bonds. The summed E-state index contributed by atoms with van der Waals surface area (Å²) in [4.78, 5) is 46.3. The van der Waals surface area contributed by atoms with Crippen LogP contribution in [0.1, 0.15) is 11.3 Å². The van der Waals surface area contributed by atoms with Crippen molar-refractivity contribution < 1.29 is 24.7 Å². The van der Waals surface area contributed by atoms with Gasteiger partial charge in [0.05, 0.1) is 0 Å². The van der Waals surface area contributed by atoms with Crippen LogP contribution in [0, 0.1) is 0 Å². The zero-order valence-corrected chi connectivity index (χ0v) is 17.8. The van der Waals surface area contributed by atoms with Crippen LogP contribution < -0.4 is 11.1 Å². The van der Waals surface area contributed by atoms with Gasteiger partial charge in [0.2, 0.25) is 0 Å². The lowest BCUT2D eigenvalue weighted by Gasteiger charge is -2.49. The first-order valence-electron chi connectivity index (χ1n) is 9.14. The summed E-state index contributed by atoms with van der Waals surface area (Å²) < 4.78 is 0. The lowest BCUT2D eigenvalue weighted by atomic mass is 10.0. The number of carboxylic acids is 1. The summed E-state index contributed by atoms with van der Waals surface area (Å²) in [7, 11) is 0. The number of hydrogen-bond acceptors (Lipinski definition) is 10. The van der Waals surface area contributed by atoms with Gasteiger partial charge in [0, 0.05) is 23.5 Å². The molecule has 2 atom stereocenters. The first-order valence-corrected chi connectivity index (χ1v) is 11.1. The van der Waals surface area contributed by atoms with E-state index in [0.29, 0.717) is 11.3 Å². The molecule has 4 heterocycles. The number of allylic oxidation sites excluding steroid dienone is 1. The number of hydrogen-bond donors (Lipinski definition) is 4. The average molecular weight is 473 g/mol. The molecule has 0 bridgehead atoms. The third-order valence-corrected chi connectivity index (χ3v) is 6.70. The fraction of sp³-hybridized carbons (Fsp3) is 0.158. The predicted molar refractivity (Wildman–Crippen MR) is 118 cm³/mol. The molecule has 0 spiro atoms. The van der Waals surface area contributed by atoms with Gasteiger partial charge in [-0.15, -0.1) is 23.1 Å². The van der Waals surface area contributed by atoms with Gasteiger partial charge in [-0.2, -0.15) is 0 Å². The molecule has 32 heavy (non-hydrogen) atoms. The standard InChI is InChI=1S/C19H16N6O5S2/c20-19-22-11(8-32-19)12(24-30)15(26)23-13-16(27)25-14(18(28)29)10(7-31-17(13)25)4-3-9-2-1-5-21-6-9/h1-6,8,13,17,30H,7H2,(H2,20,22)(H,23,26)(H,28,29)/b4-3+,24-12?/t13-,17-/m1/s1. The number of thioether (sulfide) groups is 1. The summed E-state index contributed by atoms with van der Waals surface area (Å²) in [5.41, 5.74) is 6.35. The molecule has 0 aliphatic carbocycles. The first-order chi connectivity index (χ1) is 15.4. The van der Waals surface area contributed by atoms with Crippen molar-refractivity contribution in [3.8, 4) is 0 Å². The Morgan fingerprint density at radius 3 is 2.81 bits per heavy atom. The van der Waals surface area contributed by atoms with Crippen molar-refractivity contribution in [3.05, 3.63) is 58.5 Å². The number of pyridine rings is 1. The van der Waals surface area contributed by atoms with E-state index >= 15 is 0 Å². The number of aliphatic carboxylic acids is 1. The SMILES string of the molecule is Nc1nc(C(=NO)C(=O)N[C@@H]2C(=O)N3C(C(=O)O)=C(/C=C/c4cccnc4)CS[C@H]23)cs1. The summed E-state index contributed by atoms with van der Waals surface area (Å²) in [5, 5.41) is 25.4. The highest BCUT2D eigenvalue weighted by Crippen LogP contribution is 2.40. The van der Waals surface area contributed by atoms with Crippen molar-refractivity contribution in [1.29, 1.82) is 0 Å². The van der Waals surface area contributed by atoms with Crippen LogP contribution in [0.25, 0.3) is 6.08 Å². The third kappa shape index (κ3) is 3.94. The van der Waals surface area contributed by atoms with Gasteiger partial charge in [-0.1, -0.05) is 23.4 Å². The van der Waals surface area contributed by atoms with Gasteiger partial charge in [0.25, 0.3) is 11.8 Å². The van der Waals surface area contributed by atoms with E-state index in [4.69, 9.17) is 5.73 Å². The Morgan fingerprint density at radius 2 is 2.19 bits per heavy atom. The van der Waals surface area contributed by atoms with E-state index in [0.717, 1.165) is 21.8 Å². The van der Waals surface area contributed by atoms with Crippen molar-refractivity contribution in [2.24, 2.45) is 5.16 Å². The molecule has 2 aromatic heterocycles. The van der Waals surface area contributed by atoms with E-state index in [-0.39, 0.29) is 22.2 Å². The van der Waals surface area contributed by atoms with Gasteiger partial charge in [-0.05, 0) is 17.2 Å². The number of nitrogen functional groups attached to an aromatic ring is 1. The summed E-state index contributed by atoms with van der Waals surface area (Å²) in [6.45, 7) is 0. The van der Waals surface area contributed by atoms with E-state index in [1.807, 2.05) is 6.07 Å². The van der Waals surface area contributed by atoms with Crippen LogP contribution in [0.4, 0.5) is 5.13 Å². The molecule has 2 aliphatic heterocycles. The van der Waals surface area contributed by atoms with Crippen molar-refractivity contribution in [3.63, 3.8) is 0 Å². The number of carboxylic acid groups (broad SMARTS) is 1. The van der Waals surface area contributed by atoms with Crippen LogP contribution in [0.3, 0.4) is 0 Å². The fourth-order valence-electron chi connectivity index (χ4n) is 3.26. The first kappa shape index (κ1) is 21.5. The van der Waals surface area contributed by atoms with Crippen LogP contribution in [0.5, 0.6) is 0 Å². The number of amides is 2. The number of nitrogens with one attached hydrogen (secondary N) is 1. The molecular formula is C19H16N6O5S2. The quantitative estimate of drug-likeness (QED) is 0.205. The number of carbonyl (C=O) groups excluding carboxylic acids is 2. The van der Waals surface area contributed by atoms with Gasteiger partial charge in [0.15, 0.2) is 10.8 Å². The molecule has 4 rings (SSSR count). The third-order valence-electron chi connectivity index (χ3n) is 4.73. The summed E-state index contributed by atoms with van der Waals surface area (Å²) in [6, 6.07) is 2.60. The van der Waals surface area contributed by atoms with Gasteiger partial charge in [0.1, 0.15) is 22.8 Å². The number of β-lactam (4-membered cyclic amide) rings is 1. The molecule has 164 valence electrons. The number of nitrogens with two attached hydrogens (primary N) is 1. The second kappa shape index (κ2) is 8.80. The number of oxime groups is 1. The molecule has 0 unspecified atom stereocenters. The number of aromatic nitrogens is 2. The Balaban J connectivity index is 1.52. The largest absolute Gasteiger partial charge is 0.477 e. The number of nitrogens with zero attached hydrogens (tertiary/aromatic N) is 4. The van der Waals surface area contributed by atoms with Gasteiger partial charge >= 0.3 is 5.97 Å². The highest BCUT2D eigenvalue weighted by atomic mass is 32.2. The molecule has 11 nitrogen and oxygen atoms in total. The molecule has 13 heteroatoms. The molecule has 1 saturated heterocycles. The Morgan fingerprint density at radius 1 is 1.38 bits per heavy atom. The zero-order valence-electron chi connectivity index (χ0n) is 16.2. The zero-order chi connectivity index (χ0) is 22.8. The maximum atomic E-state index is 12.7. The van der Waals surface area contributed by atoms with Crippen LogP contribution in [0.15, 0.2) is 52.4 Å². The molecule has 2 aliphatic rings. The van der Waals surface area contributed by atoms with Gasteiger partial charge in [-0.3, -0.25) is 19.5 Å². The van der Waals surface area contributed by atoms with E-state index < -0.39 is 29.2 Å². The van der Waals surface area contributed by atoms with Crippen LogP contribution in [0.2, 0.25) is 0 Å². The maximum Gasteiger partial charge on any atom is 0.352 e. The molecule has 1 fully saturated rings. The highest BCUT2D eigenvalue weighted by molar-refractivity contribution is 8.00. The molecule has 0 aromatic carbocycles. The molecule has 0 saturated carbocycles. The van der Waals surface area contributed by atoms with Gasteiger partial charge in [-0.25, -0.2) is 9.78 Å². The Kier molecular flexibility index (Phi) is 5.92. The minimum absolute atomic E-state index is 0.0707. The van der Waals surface area contributed by atoms with E-state index in [9.17, 15) is 24.7 Å². The number of carbonyl (C=O) groups is 3. The second-order valence-corrected chi connectivity index (χ2v) is 8.67. The number of fused-ring (bicyclic) bond motifs is 1. The highest BCUT2D eigenvalue weighted by Gasteiger charge is 2.54. The molecule has 5 N–H and O–H groups in total. The van der Waals surface area contributed by atoms with Crippen LogP contribution in [-0.4, -0.2) is 65.8 Å². The number of rotatable bonds is 6. The topological polar surface area (TPSA) is 171 Å². The van der Waals surface area contributed by atoms with Crippen molar-refractivity contribution >= 4 is 57.8 Å². The van der Waals surface area contributed by atoms with E-state index in [1.165, 1.54) is 17.1 Å². The summed E-state index contributed by atoms with van der Waals surface area (Å²) in [6.07, 6.45) is 6.63.